The number of rotatable bonds is 13. The van der Waals surface area contributed by atoms with Crippen LogP contribution >= 0.6 is 11.6 Å². The zero-order valence-electron chi connectivity index (χ0n) is 28.1. The fourth-order valence-corrected chi connectivity index (χ4v) is 6.80. The van der Waals surface area contributed by atoms with E-state index in [1.54, 1.807) is 42.5 Å². The predicted molar refractivity (Wildman–Crippen MR) is 189 cm³/mol. The first-order valence-electron chi connectivity index (χ1n) is 15.4. The number of nitrogens with zero attached hydrogens (tertiary/aromatic N) is 2. The SMILES string of the molecule is COc1ccc(N(CC(=O)N(Cc2cccc(Cl)c2)[C@@H](Cc2ccccc2)C(=O)NC(C)(C)C)S(=O)(=O)c2ccc(C)cc2)cc1OC. The van der Waals surface area contributed by atoms with Crippen LogP contribution in [0.3, 0.4) is 0 Å². The zero-order chi connectivity index (χ0) is 35.1. The smallest absolute Gasteiger partial charge is 0.264 e. The number of nitrogens with one attached hydrogen (secondary N) is 1. The van der Waals surface area contributed by atoms with Gasteiger partial charge < -0.3 is 19.7 Å². The molecule has 2 amide bonds. The van der Waals surface area contributed by atoms with Crippen LogP contribution in [0.1, 0.15) is 37.5 Å². The normalized spacial score (nSPS) is 12.1. The lowest BCUT2D eigenvalue weighted by Crippen LogP contribution is -2.56. The van der Waals surface area contributed by atoms with Crippen molar-refractivity contribution in [1.82, 2.24) is 10.2 Å². The van der Waals surface area contributed by atoms with Crippen molar-refractivity contribution in [3.05, 3.63) is 119 Å². The summed E-state index contributed by atoms with van der Waals surface area (Å²) in [6.07, 6.45) is 0.191. The minimum atomic E-state index is -4.29. The van der Waals surface area contributed by atoms with Gasteiger partial charge in [-0.2, -0.15) is 0 Å². The van der Waals surface area contributed by atoms with Gasteiger partial charge in [-0.05, 0) is 75.2 Å². The molecule has 0 aliphatic rings. The Balaban J connectivity index is 1.86. The van der Waals surface area contributed by atoms with Crippen molar-refractivity contribution in [3.8, 4) is 11.5 Å². The fourth-order valence-electron chi connectivity index (χ4n) is 5.19. The molecular weight excluding hydrogens is 650 g/mol. The number of amides is 2. The predicted octanol–water partition coefficient (Wildman–Crippen LogP) is 6.42. The number of aryl methyl sites for hydroxylation is 1. The van der Waals surface area contributed by atoms with E-state index in [0.29, 0.717) is 16.3 Å². The van der Waals surface area contributed by atoms with E-state index in [1.165, 1.54) is 37.3 Å². The molecule has 48 heavy (non-hydrogen) atoms. The van der Waals surface area contributed by atoms with Crippen LogP contribution in [0.5, 0.6) is 11.5 Å². The zero-order valence-corrected chi connectivity index (χ0v) is 29.6. The molecule has 4 rings (SSSR count). The first-order valence-corrected chi connectivity index (χ1v) is 17.2. The molecule has 0 fully saturated rings. The number of hydrogen-bond acceptors (Lipinski definition) is 6. The second-order valence-electron chi connectivity index (χ2n) is 12.5. The number of carbonyl (C=O) groups excluding carboxylic acids is 2. The summed E-state index contributed by atoms with van der Waals surface area (Å²) in [5.41, 5.74) is 1.97. The average molecular weight is 692 g/mol. The Hall–Kier alpha value is -4.54. The van der Waals surface area contributed by atoms with Gasteiger partial charge in [-0.25, -0.2) is 8.42 Å². The first-order chi connectivity index (χ1) is 22.7. The standard InChI is InChI=1S/C37H42ClN3O6S/c1-26-15-18-31(19-16-26)48(44,45)41(30-17-20-33(46-5)34(23-30)47-6)25-35(42)40(24-28-13-10-14-29(38)21-28)32(36(43)39-37(2,3)4)22-27-11-8-7-9-12-27/h7-21,23,32H,22,24-25H2,1-6H3,(H,39,43)/t32-/m0/s1. The molecule has 0 saturated carbocycles. The Kier molecular flexibility index (Phi) is 11.8. The van der Waals surface area contributed by atoms with Crippen LogP contribution in [-0.4, -0.2) is 57.5 Å². The third-order valence-corrected chi connectivity index (χ3v) is 9.58. The number of benzene rings is 4. The molecule has 11 heteroatoms. The van der Waals surface area contributed by atoms with Crippen LogP contribution < -0.4 is 19.1 Å². The monoisotopic (exact) mass is 691 g/mol. The quantitative estimate of drug-likeness (QED) is 0.174. The highest BCUT2D eigenvalue weighted by molar-refractivity contribution is 7.92. The highest BCUT2D eigenvalue weighted by Crippen LogP contribution is 2.34. The first kappa shape index (κ1) is 36.3. The molecule has 4 aromatic carbocycles. The number of carbonyl (C=O) groups is 2. The maximum atomic E-state index is 14.7. The minimum Gasteiger partial charge on any atom is -0.493 e. The summed E-state index contributed by atoms with van der Waals surface area (Å²) >= 11 is 6.33. The highest BCUT2D eigenvalue weighted by atomic mass is 35.5. The maximum absolute atomic E-state index is 14.7. The molecule has 0 bridgehead atoms. The van der Waals surface area contributed by atoms with Gasteiger partial charge in [0.15, 0.2) is 11.5 Å². The molecule has 1 atom stereocenters. The number of hydrogen-bond donors (Lipinski definition) is 1. The topological polar surface area (TPSA) is 105 Å². The van der Waals surface area contributed by atoms with Crippen LogP contribution in [0.2, 0.25) is 5.02 Å². The van der Waals surface area contributed by atoms with Crippen LogP contribution in [0, 0.1) is 6.92 Å². The number of halogens is 1. The summed E-state index contributed by atoms with van der Waals surface area (Å²) in [5.74, 6) is -0.287. The highest BCUT2D eigenvalue weighted by Gasteiger charge is 2.36. The third-order valence-electron chi connectivity index (χ3n) is 7.55. The van der Waals surface area contributed by atoms with E-state index >= 15 is 0 Å². The lowest BCUT2D eigenvalue weighted by Gasteiger charge is -2.35. The molecule has 0 heterocycles. The van der Waals surface area contributed by atoms with Crippen molar-refractivity contribution in [2.24, 2.45) is 0 Å². The second-order valence-corrected chi connectivity index (χ2v) is 14.8. The van der Waals surface area contributed by atoms with Gasteiger partial charge in [0, 0.05) is 29.6 Å². The summed E-state index contributed by atoms with van der Waals surface area (Å²) in [6, 6.07) is 26.4. The van der Waals surface area contributed by atoms with Gasteiger partial charge in [0.05, 0.1) is 24.8 Å². The van der Waals surface area contributed by atoms with Gasteiger partial charge in [0.2, 0.25) is 11.8 Å². The van der Waals surface area contributed by atoms with Crippen molar-refractivity contribution in [2.45, 2.75) is 57.1 Å². The summed E-state index contributed by atoms with van der Waals surface area (Å²) in [5, 5.41) is 3.49. The molecule has 0 aliphatic carbocycles. The Labute approximate surface area is 288 Å². The van der Waals surface area contributed by atoms with E-state index in [9.17, 15) is 18.0 Å². The number of ether oxygens (including phenoxy) is 2. The minimum absolute atomic E-state index is 0.00118. The van der Waals surface area contributed by atoms with Gasteiger partial charge in [0.25, 0.3) is 10.0 Å². The largest absolute Gasteiger partial charge is 0.493 e. The summed E-state index contributed by atoms with van der Waals surface area (Å²) in [6.45, 7) is 6.83. The number of anilines is 1. The Bertz CT molecular complexity index is 1830. The van der Waals surface area contributed by atoms with Gasteiger partial charge in [-0.3, -0.25) is 13.9 Å². The van der Waals surface area contributed by atoms with Crippen LogP contribution in [-0.2, 0) is 32.6 Å². The van der Waals surface area contributed by atoms with Crippen LogP contribution in [0.15, 0.2) is 102 Å². The molecule has 0 spiro atoms. The van der Waals surface area contributed by atoms with E-state index in [-0.39, 0.29) is 35.2 Å². The Morgan fingerprint density at radius 1 is 0.833 bits per heavy atom. The van der Waals surface area contributed by atoms with E-state index in [1.807, 2.05) is 64.1 Å². The van der Waals surface area contributed by atoms with E-state index in [0.717, 1.165) is 15.4 Å². The molecular formula is C37H42ClN3O6S. The average Bonchev–Trinajstić information content (AvgIpc) is 3.04. The number of methoxy groups -OCH3 is 2. The Morgan fingerprint density at radius 2 is 1.48 bits per heavy atom. The summed E-state index contributed by atoms with van der Waals surface area (Å²) < 4.78 is 40.6. The molecule has 0 unspecified atom stereocenters. The number of sulfonamides is 1. The van der Waals surface area contributed by atoms with Crippen molar-refractivity contribution < 1.29 is 27.5 Å². The third kappa shape index (κ3) is 9.29. The van der Waals surface area contributed by atoms with Crippen molar-refractivity contribution in [2.75, 3.05) is 25.1 Å². The van der Waals surface area contributed by atoms with Gasteiger partial charge in [0.1, 0.15) is 12.6 Å². The van der Waals surface area contributed by atoms with Crippen molar-refractivity contribution >= 4 is 39.1 Å². The fraction of sp³-hybridized carbons (Fsp3) is 0.297. The van der Waals surface area contributed by atoms with E-state index in [2.05, 4.69) is 5.32 Å². The summed E-state index contributed by atoms with van der Waals surface area (Å²) in [7, 11) is -1.37. The van der Waals surface area contributed by atoms with Crippen LogP contribution in [0.4, 0.5) is 5.69 Å². The molecule has 0 aromatic heterocycles. The molecule has 0 aliphatic heterocycles. The van der Waals surface area contributed by atoms with Gasteiger partial charge in [-0.1, -0.05) is 71.8 Å². The molecule has 9 nitrogen and oxygen atoms in total. The maximum Gasteiger partial charge on any atom is 0.264 e. The lowest BCUT2D eigenvalue weighted by atomic mass is 10.0. The lowest BCUT2D eigenvalue weighted by molar-refractivity contribution is -0.140. The second kappa shape index (κ2) is 15.6. The molecule has 0 saturated heterocycles. The van der Waals surface area contributed by atoms with Crippen LogP contribution in [0.25, 0.3) is 0 Å². The molecule has 0 radical (unpaired) electrons. The summed E-state index contributed by atoms with van der Waals surface area (Å²) in [4.78, 5) is 30.1. The molecule has 1 N–H and O–H groups in total. The molecule has 254 valence electrons. The van der Waals surface area contributed by atoms with Crippen molar-refractivity contribution in [3.63, 3.8) is 0 Å². The molecule has 4 aromatic rings. The van der Waals surface area contributed by atoms with Gasteiger partial charge >= 0.3 is 0 Å². The van der Waals surface area contributed by atoms with Crippen molar-refractivity contribution in [1.29, 1.82) is 0 Å². The Morgan fingerprint density at radius 3 is 2.08 bits per heavy atom. The van der Waals surface area contributed by atoms with Gasteiger partial charge in [-0.15, -0.1) is 0 Å². The van der Waals surface area contributed by atoms with E-state index < -0.39 is 34.1 Å². The van der Waals surface area contributed by atoms with E-state index in [4.69, 9.17) is 21.1 Å².